The first kappa shape index (κ1) is 24.6. The van der Waals surface area contributed by atoms with Crippen LogP contribution in [0.1, 0.15) is 30.6 Å². The Hall–Kier alpha value is -4.48. The molecule has 5 N–H and O–H groups in total. The smallest absolute Gasteiger partial charge is 0.267 e. The Labute approximate surface area is 206 Å². The largest absolute Gasteiger partial charge is 0.476 e. The van der Waals surface area contributed by atoms with Gasteiger partial charge in [0, 0.05) is 24.7 Å². The number of hydrogen-bond acceptors (Lipinski definition) is 8. The number of carbonyl (C=O) groups excluding carboxylic acids is 3. The van der Waals surface area contributed by atoms with Crippen molar-refractivity contribution >= 4 is 35.2 Å². The van der Waals surface area contributed by atoms with E-state index in [-0.39, 0.29) is 36.2 Å². The van der Waals surface area contributed by atoms with Crippen molar-refractivity contribution < 1.29 is 23.5 Å². The van der Waals surface area contributed by atoms with Crippen molar-refractivity contribution in [1.82, 2.24) is 25.9 Å². The number of halogens is 1. The molecule has 36 heavy (non-hydrogen) atoms. The number of anilines is 3. The summed E-state index contributed by atoms with van der Waals surface area (Å²) in [4.78, 5) is 43.8. The van der Waals surface area contributed by atoms with Crippen molar-refractivity contribution in [2.75, 3.05) is 24.2 Å². The van der Waals surface area contributed by atoms with Crippen LogP contribution in [0.3, 0.4) is 0 Å². The number of carbonyl (C=O) groups is 3. The monoisotopic (exact) mass is 495 g/mol. The summed E-state index contributed by atoms with van der Waals surface area (Å²) < 4.78 is 20.2. The fourth-order valence-corrected chi connectivity index (χ4v) is 3.50. The van der Waals surface area contributed by atoms with Crippen LogP contribution in [-0.4, -0.2) is 52.9 Å². The Balaban J connectivity index is 1.39. The van der Waals surface area contributed by atoms with Crippen molar-refractivity contribution in [2.45, 2.75) is 31.9 Å². The summed E-state index contributed by atoms with van der Waals surface area (Å²) in [6.07, 6.45) is 4.98. The summed E-state index contributed by atoms with van der Waals surface area (Å²) in [6.45, 7) is 3.25. The zero-order valence-corrected chi connectivity index (χ0v) is 19.9. The molecule has 0 spiro atoms. The van der Waals surface area contributed by atoms with Gasteiger partial charge in [-0.2, -0.15) is 4.98 Å². The molecule has 1 aliphatic carbocycles. The molecule has 0 saturated carbocycles. The van der Waals surface area contributed by atoms with Gasteiger partial charge in [0.25, 0.3) is 11.8 Å². The molecule has 2 aliphatic rings. The normalized spacial score (nSPS) is 17.9. The number of nitrogens with zero attached hydrogens (tertiary/aromatic N) is 2. The molecule has 0 saturated heterocycles. The molecule has 1 unspecified atom stereocenters. The molecule has 1 aliphatic heterocycles. The second-order valence-corrected chi connectivity index (χ2v) is 8.67. The van der Waals surface area contributed by atoms with Gasteiger partial charge in [-0.15, -0.1) is 0 Å². The highest BCUT2D eigenvalue weighted by atomic mass is 19.1. The van der Waals surface area contributed by atoms with Gasteiger partial charge >= 0.3 is 0 Å². The lowest BCUT2D eigenvalue weighted by Crippen LogP contribution is -2.49. The lowest BCUT2D eigenvalue weighted by Gasteiger charge is -2.35. The van der Waals surface area contributed by atoms with Gasteiger partial charge in [-0.1, -0.05) is 6.08 Å². The number of nitrogens with one attached hydrogen (secondary N) is 5. The zero-order valence-electron chi connectivity index (χ0n) is 19.9. The Morgan fingerprint density at radius 2 is 2.00 bits per heavy atom. The SMILES string of the molecule is CNC(=O)CNC(=O)c1ccc(Nc2ncc(F)c(NC3C=CC4=C(C3)NC(=O)C(C)(C)O4)n2)cc1. The van der Waals surface area contributed by atoms with E-state index in [0.29, 0.717) is 29.1 Å². The minimum atomic E-state index is -0.962. The van der Waals surface area contributed by atoms with Gasteiger partial charge in [0.05, 0.1) is 24.5 Å². The van der Waals surface area contributed by atoms with Gasteiger partial charge in [0.1, 0.15) is 5.76 Å². The van der Waals surface area contributed by atoms with E-state index in [0.717, 1.165) is 6.20 Å². The molecule has 4 rings (SSSR count). The molecule has 1 atom stereocenters. The highest BCUT2D eigenvalue weighted by molar-refractivity contribution is 5.96. The predicted octanol–water partition coefficient (Wildman–Crippen LogP) is 1.71. The fourth-order valence-electron chi connectivity index (χ4n) is 3.50. The molecule has 1 aromatic carbocycles. The standard InChI is InChI=1S/C24H26FN7O4/c1-24(2)22(35)31-17-10-15(8-9-18(17)36-24)29-20-16(25)11-28-23(32-20)30-14-6-4-13(5-7-14)21(34)27-12-19(33)26-3/h4-9,11,15H,10,12H2,1-3H3,(H,26,33)(H,27,34)(H,31,35)(H2,28,29,30,32). The first-order chi connectivity index (χ1) is 17.1. The molecular formula is C24H26FN7O4. The van der Waals surface area contributed by atoms with Crippen LogP contribution < -0.4 is 26.6 Å². The van der Waals surface area contributed by atoms with E-state index in [2.05, 4.69) is 36.6 Å². The van der Waals surface area contributed by atoms with Gasteiger partial charge in [0.2, 0.25) is 11.9 Å². The van der Waals surface area contributed by atoms with Crippen molar-refractivity contribution in [3.05, 3.63) is 65.5 Å². The summed E-state index contributed by atoms with van der Waals surface area (Å²) in [5, 5.41) is 13.8. The van der Waals surface area contributed by atoms with Crippen LogP contribution in [0.2, 0.25) is 0 Å². The van der Waals surface area contributed by atoms with Crippen molar-refractivity contribution in [3.8, 4) is 0 Å². The molecule has 11 nitrogen and oxygen atoms in total. The number of rotatable bonds is 7. The molecule has 2 heterocycles. The molecule has 2 aromatic rings. The topological polar surface area (TPSA) is 146 Å². The van der Waals surface area contributed by atoms with Crippen LogP contribution in [0.25, 0.3) is 0 Å². The first-order valence-corrected chi connectivity index (χ1v) is 11.2. The predicted molar refractivity (Wildman–Crippen MR) is 130 cm³/mol. The summed E-state index contributed by atoms with van der Waals surface area (Å²) >= 11 is 0. The molecule has 0 fully saturated rings. The maximum absolute atomic E-state index is 14.4. The molecule has 188 valence electrons. The number of allylic oxidation sites excluding steroid dienone is 1. The minimum Gasteiger partial charge on any atom is -0.476 e. The number of likely N-dealkylation sites (N-methyl/N-ethyl adjacent to an activating group) is 1. The number of amides is 3. The van der Waals surface area contributed by atoms with Crippen molar-refractivity contribution in [3.63, 3.8) is 0 Å². The highest BCUT2D eigenvalue weighted by Gasteiger charge is 2.37. The molecule has 3 amide bonds. The second-order valence-electron chi connectivity index (χ2n) is 8.67. The van der Waals surface area contributed by atoms with Crippen LogP contribution in [-0.2, 0) is 14.3 Å². The molecule has 0 radical (unpaired) electrons. The summed E-state index contributed by atoms with van der Waals surface area (Å²) in [5.41, 5.74) is 0.599. The van der Waals surface area contributed by atoms with E-state index in [1.165, 1.54) is 7.05 Å². The van der Waals surface area contributed by atoms with Crippen LogP contribution in [0.4, 0.5) is 21.8 Å². The zero-order chi connectivity index (χ0) is 25.9. The van der Waals surface area contributed by atoms with Crippen LogP contribution in [0.15, 0.2) is 54.1 Å². The summed E-state index contributed by atoms with van der Waals surface area (Å²) in [7, 11) is 1.48. The maximum atomic E-state index is 14.4. The van der Waals surface area contributed by atoms with Gasteiger partial charge in [-0.25, -0.2) is 9.37 Å². The van der Waals surface area contributed by atoms with Gasteiger partial charge in [-0.05, 0) is 44.2 Å². The molecule has 0 bridgehead atoms. The van der Waals surface area contributed by atoms with E-state index in [1.54, 1.807) is 44.2 Å². The average molecular weight is 496 g/mol. The number of hydrogen-bond donors (Lipinski definition) is 5. The molecule has 12 heteroatoms. The van der Waals surface area contributed by atoms with Crippen LogP contribution in [0.5, 0.6) is 0 Å². The maximum Gasteiger partial charge on any atom is 0.267 e. The van der Waals surface area contributed by atoms with E-state index in [9.17, 15) is 18.8 Å². The number of benzene rings is 1. The molecular weight excluding hydrogens is 469 g/mol. The summed E-state index contributed by atoms with van der Waals surface area (Å²) in [5.74, 6) is -0.871. The lowest BCUT2D eigenvalue weighted by atomic mass is 9.99. The average Bonchev–Trinajstić information content (AvgIpc) is 2.85. The first-order valence-electron chi connectivity index (χ1n) is 11.2. The highest BCUT2D eigenvalue weighted by Crippen LogP contribution is 2.29. The summed E-state index contributed by atoms with van der Waals surface area (Å²) in [6, 6.07) is 6.09. The second kappa shape index (κ2) is 10.0. The van der Waals surface area contributed by atoms with Gasteiger partial charge in [-0.3, -0.25) is 14.4 Å². The van der Waals surface area contributed by atoms with E-state index < -0.39 is 17.3 Å². The quantitative estimate of drug-likeness (QED) is 0.390. The lowest BCUT2D eigenvalue weighted by molar-refractivity contribution is -0.140. The third kappa shape index (κ3) is 5.59. The number of ether oxygens (including phenoxy) is 1. The van der Waals surface area contributed by atoms with Crippen molar-refractivity contribution in [1.29, 1.82) is 0 Å². The van der Waals surface area contributed by atoms with Crippen LogP contribution in [0, 0.1) is 5.82 Å². The Morgan fingerprint density at radius 3 is 2.72 bits per heavy atom. The third-order valence-electron chi connectivity index (χ3n) is 5.54. The van der Waals surface area contributed by atoms with Gasteiger partial charge in [0.15, 0.2) is 17.2 Å². The fraction of sp³-hybridized carbons (Fsp3) is 0.292. The molecule has 1 aromatic heterocycles. The minimum absolute atomic E-state index is 0.0141. The van der Waals surface area contributed by atoms with Crippen molar-refractivity contribution in [2.24, 2.45) is 0 Å². The van der Waals surface area contributed by atoms with E-state index in [1.807, 2.05) is 6.08 Å². The van der Waals surface area contributed by atoms with E-state index >= 15 is 0 Å². The Bertz CT molecular complexity index is 1260. The van der Waals surface area contributed by atoms with Crippen LogP contribution >= 0.6 is 0 Å². The van der Waals surface area contributed by atoms with E-state index in [4.69, 9.17) is 4.74 Å². The Kier molecular flexibility index (Phi) is 6.86. The third-order valence-corrected chi connectivity index (χ3v) is 5.54. The Morgan fingerprint density at radius 1 is 1.25 bits per heavy atom. The van der Waals surface area contributed by atoms with Gasteiger partial charge < -0.3 is 31.3 Å². The number of aromatic nitrogens is 2.